The Morgan fingerprint density at radius 2 is 2.06 bits per heavy atom. The summed E-state index contributed by atoms with van der Waals surface area (Å²) < 4.78 is 2.04. The molecule has 0 spiro atoms. The maximum atomic E-state index is 8.93. The van der Waals surface area contributed by atoms with E-state index in [0.29, 0.717) is 23.1 Å². The summed E-state index contributed by atoms with van der Waals surface area (Å²) in [5.74, 6) is 0. The number of aromatic nitrogens is 1. The summed E-state index contributed by atoms with van der Waals surface area (Å²) in [7, 11) is 0. The van der Waals surface area contributed by atoms with Gasteiger partial charge in [0.1, 0.15) is 0 Å². The standard InChI is InChI=1S/C13H16Cl2N2O/c14-11-4-3-10-9(2-1-7-18)8-17(6-5-16)13(10)12(11)15/h3-4,8,18H,1-2,5-7,16H2. The minimum absolute atomic E-state index is 0.185. The summed E-state index contributed by atoms with van der Waals surface area (Å²) in [5, 5.41) is 11.1. The number of fused-ring (bicyclic) bond motifs is 1. The summed E-state index contributed by atoms with van der Waals surface area (Å²) in [6.07, 6.45) is 3.61. The first-order valence-electron chi connectivity index (χ1n) is 5.95. The van der Waals surface area contributed by atoms with Crippen LogP contribution < -0.4 is 5.73 Å². The highest BCUT2D eigenvalue weighted by Gasteiger charge is 2.13. The SMILES string of the molecule is NCCn1cc(CCCO)c2ccc(Cl)c(Cl)c21. The Morgan fingerprint density at radius 1 is 1.28 bits per heavy atom. The second-order valence-corrected chi connectivity index (χ2v) is 5.01. The number of hydrogen-bond donors (Lipinski definition) is 2. The Morgan fingerprint density at radius 3 is 2.72 bits per heavy atom. The maximum Gasteiger partial charge on any atom is 0.0835 e. The van der Waals surface area contributed by atoms with Gasteiger partial charge in [-0.1, -0.05) is 29.3 Å². The molecule has 1 heterocycles. The Kier molecular flexibility index (Phi) is 4.51. The lowest BCUT2D eigenvalue weighted by atomic mass is 10.1. The van der Waals surface area contributed by atoms with Crippen LogP contribution in [-0.4, -0.2) is 22.8 Å². The fourth-order valence-corrected chi connectivity index (χ4v) is 2.61. The van der Waals surface area contributed by atoms with Crippen molar-refractivity contribution in [2.75, 3.05) is 13.2 Å². The predicted octanol–water partition coefficient (Wildman–Crippen LogP) is 2.83. The number of nitrogens with two attached hydrogens (primary N) is 1. The van der Waals surface area contributed by atoms with Crippen LogP contribution in [0, 0.1) is 0 Å². The van der Waals surface area contributed by atoms with Gasteiger partial charge in [-0.25, -0.2) is 0 Å². The number of benzene rings is 1. The molecular weight excluding hydrogens is 271 g/mol. The molecule has 0 fully saturated rings. The lowest BCUT2D eigenvalue weighted by Crippen LogP contribution is -2.08. The van der Waals surface area contributed by atoms with Gasteiger partial charge in [-0.15, -0.1) is 0 Å². The Labute approximate surface area is 116 Å². The minimum Gasteiger partial charge on any atom is -0.396 e. The molecule has 0 aliphatic carbocycles. The van der Waals surface area contributed by atoms with E-state index in [9.17, 15) is 0 Å². The molecule has 0 atom stereocenters. The highest BCUT2D eigenvalue weighted by molar-refractivity contribution is 6.45. The first-order chi connectivity index (χ1) is 8.69. The van der Waals surface area contributed by atoms with Crippen LogP contribution in [0.3, 0.4) is 0 Å². The third-order valence-corrected chi connectivity index (χ3v) is 3.78. The summed E-state index contributed by atoms with van der Waals surface area (Å²) in [5.41, 5.74) is 7.72. The number of aliphatic hydroxyl groups excluding tert-OH is 1. The van der Waals surface area contributed by atoms with E-state index < -0.39 is 0 Å². The van der Waals surface area contributed by atoms with Gasteiger partial charge in [0.15, 0.2) is 0 Å². The van der Waals surface area contributed by atoms with Gasteiger partial charge < -0.3 is 15.4 Å². The van der Waals surface area contributed by atoms with E-state index in [1.807, 2.05) is 10.6 Å². The van der Waals surface area contributed by atoms with Gasteiger partial charge in [-0.3, -0.25) is 0 Å². The van der Waals surface area contributed by atoms with Crippen molar-refractivity contribution in [3.8, 4) is 0 Å². The molecular formula is C13H16Cl2N2O. The van der Waals surface area contributed by atoms with Crippen LogP contribution in [-0.2, 0) is 13.0 Å². The molecule has 3 nitrogen and oxygen atoms in total. The van der Waals surface area contributed by atoms with E-state index in [0.717, 1.165) is 23.7 Å². The molecule has 2 rings (SSSR count). The molecule has 0 aliphatic rings. The quantitative estimate of drug-likeness (QED) is 0.888. The molecule has 2 aromatic rings. The fraction of sp³-hybridized carbons (Fsp3) is 0.385. The van der Waals surface area contributed by atoms with E-state index in [1.165, 1.54) is 5.56 Å². The third-order valence-electron chi connectivity index (χ3n) is 2.99. The molecule has 0 saturated carbocycles. The van der Waals surface area contributed by atoms with Crippen molar-refractivity contribution in [1.82, 2.24) is 4.57 Å². The van der Waals surface area contributed by atoms with Gasteiger partial charge in [0.2, 0.25) is 0 Å². The summed E-state index contributed by atoms with van der Waals surface area (Å²) in [6, 6.07) is 3.78. The van der Waals surface area contributed by atoms with Crippen molar-refractivity contribution >= 4 is 34.1 Å². The van der Waals surface area contributed by atoms with E-state index >= 15 is 0 Å². The van der Waals surface area contributed by atoms with Crippen molar-refractivity contribution < 1.29 is 5.11 Å². The molecule has 98 valence electrons. The molecule has 0 aliphatic heterocycles. The van der Waals surface area contributed by atoms with Crippen molar-refractivity contribution in [1.29, 1.82) is 0 Å². The summed E-state index contributed by atoms with van der Waals surface area (Å²) >= 11 is 12.3. The van der Waals surface area contributed by atoms with E-state index in [-0.39, 0.29) is 6.61 Å². The van der Waals surface area contributed by atoms with E-state index in [2.05, 4.69) is 6.20 Å². The zero-order chi connectivity index (χ0) is 13.1. The Bertz CT molecular complexity index is 551. The predicted molar refractivity (Wildman–Crippen MR) is 76.4 cm³/mol. The topological polar surface area (TPSA) is 51.2 Å². The van der Waals surface area contributed by atoms with Gasteiger partial charge in [0.05, 0.1) is 15.6 Å². The molecule has 1 aromatic heterocycles. The van der Waals surface area contributed by atoms with Gasteiger partial charge >= 0.3 is 0 Å². The second kappa shape index (κ2) is 5.93. The van der Waals surface area contributed by atoms with E-state index in [4.69, 9.17) is 34.0 Å². The van der Waals surface area contributed by atoms with Crippen molar-refractivity contribution in [2.45, 2.75) is 19.4 Å². The molecule has 5 heteroatoms. The van der Waals surface area contributed by atoms with Crippen LogP contribution in [0.2, 0.25) is 10.0 Å². The number of aryl methyl sites for hydroxylation is 1. The lowest BCUT2D eigenvalue weighted by molar-refractivity contribution is 0.288. The van der Waals surface area contributed by atoms with Gasteiger partial charge in [-0.05, 0) is 24.5 Å². The second-order valence-electron chi connectivity index (χ2n) is 4.22. The lowest BCUT2D eigenvalue weighted by Gasteiger charge is -2.05. The average molecular weight is 287 g/mol. The zero-order valence-corrected chi connectivity index (χ0v) is 11.5. The number of halogens is 2. The molecule has 0 amide bonds. The van der Waals surface area contributed by atoms with Gasteiger partial charge in [0.25, 0.3) is 0 Å². The Balaban J connectivity index is 2.56. The van der Waals surface area contributed by atoms with Gasteiger partial charge in [-0.2, -0.15) is 0 Å². The van der Waals surface area contributed by atoms with Crippen LogP contribution in [0.15, 0.2) is 18.3 Å². The molecule has 0 bridgehead atoms. The largest absolute Gasteiger partial charge is 0.396 e. The Hall–Kier alpha value is -0.740. The van der Waals surface area contributed by atoms with Crippen LogP contribution in [0.4, 0.5) is 0 Å². The van der Waals surface area contributed by atoms with Crippen molar-refractivity contribution in [2.24, 2.45) is 5.73 Å². The smallest absolute Gasteiger partial charge is 0.0835 e. The highest BCUT2D eigenvalue weighted by atomic mass is 35.5. The summed E-state index contributed by atoms with van der Waals surface area (Å²) in [6.45, 7) is 1.44. The number of aliphatic hydroxyl groups is 1. The zero-order valence-electron chi connectivity index (χ0n) is 10.00. The fourth-order valence-electron chi connectivity index (χ4n) is 2.19. The molecule has 0 saturated heterocycles. The monoisotopic (exact) mass is 286 g/mol. The number of rotatable bonds is 5. The minimum atomic E-state index is 0.185. The highest BCUT2D eigenvalue weighted by Crippen LogP contribution is 2.34. The maximum absolute atomic E-state index is 8.93. The van der Waals surface area contributed by atoms with Crippen molar-refractivity contribution in [3.05, 3.63) is 33.9 Å². The van der Waals surface area contributed by atoms with Crippen molar-refractivity contribution in [3.63, 3.8) is 0 Å². The first kappa shape index (κ1) is 13.7. The summed E-state index contributed by atoms with van der Waals surface area (Å²) in [4.78, 5) is 0. The normalized spacial score (nSPS) is 11.3. The average Bonchev–Trinajstić information content (AvgIpc) is 2.70. The molecule has 3 N–H and O–H groups in total. The first-order valence-corrected chi connectivity index (χ1v) is 6.71. The van der Waals surface area contributed by atoms with Crippen LogP contribution >= 0.6 is 23.2 Å². The number of hydrogen-bond acceptors (Lipinski definition) is 2. The van der Waals surface area contributed by atoms with Crippen LogP contribution in [0.25, 0.3) is 10.9 Å². The molecule has 0 unspecified atom stereocenters. The molecule has 0 radical (unpaired) electrons. The van der Waals surface area contributed by atoms with E-state index in [1.54, 1.807) is 6.07 Å². The van der Waals surface area contributed by atoms with Crippen LogP contribution in [0.5, 0.6) is 0 Å². The molecule has 18 heavy (non-hydrogen) atoms. The molecule has 1 aromatic carbocycles. The number of nitrogens with zero attached hydrogens (tertiary/aromatic N) is 1. The third kappa shape index (κ3) is 2.50. The van der Waals surface area contributed by atoms with Gasteiger partial charge in [0, 0.05) is 31.3 Å². The van der Waals surface area contributed by atoms with Crippen LogP contribution in [0.1, 0.15) is 12.0 Å².